The molecule has 2 aliphatic rings. The van der Waals surface area contributed by atoms with Gasteiger partial charge in [0.15, 0.2) is 0 Å². The van der Waals surface area contributed by atoms with Crippen LogP contribution >= 0.6 is 11.8 Å². The number of morpholine rings is 1. The van der Waals surface area contributed by atoms with Crippen LogP contribution in [0, 0.1) is 6.92 Å². The van der Waals surface area contributed by atoms with Crippen molar-refractivity contribution >= 4 is 40.9 Å². The minimum atomic E-state index is -1.29. The van der Waals surface area contributed by atoms with Gasteiger partial charge in [0.05, 0.1) is 24.1 Å². The fraction of sp³-hybridized carbons (Fsp3) is 0.273. The molecule has 1 aromatic heterocycles. The maximum atomic E-state index is 12.7. The minimum absolute atomic E-state index is 0.0228. The van der Waals surface area contributed by atoms with Gasteiger partial charge in [-0.3, -0.25) is 19.3 Å². The molecule has 0 radical (unpaired) electrons. The lowest BCUT2D eigenvalue weighted by Crippen LogP contribution is -2.46. The summed E-state index contributed by atoms with van der Waals surface area (Å²) in [5.74, 6) is -1.42. The summed E-state index contributed by atoms with van der Waals surface area (Å²) in [4.78, 5) is 51.2. The van der Waals surface area contributed by atoms with Crippen LogP contribution in [0.1, 0.15) is 21.7 Å². The van der Waals surface area contributed by atoms with Crippen molar-refractivity contribution in [3.8, 4) is 11.3 Å². The molecule has 32 heavy (non-hydrogen) atoms. The lowest BCUT2D eigenvalue weighted by molar-refractivity contribution is -0.255. The van der Waals surface area contributed by atoms with Gasteiger partial charge < -0.3 is 24.0 Å². The van der Waals surface area contributed by atoms with E-state index in [1.165, 1.54) is 18.2 Å². The second kappa shape index (κ2) is 9.01. The van der Waals surface area contributed by atoms with Gasteiger partial charge in [-0.1, -0.05) is 12.1 Å². The highest BCUT2D eigenvalue weighted by atomic mass is 32.2. The highest BCUT2D eigenvalue weighted by Gasteiger charge is 2.37. The van der Waals surface area contributed by atoms with E-state index in [9.17, 15) is 24.3 Å². The number of ether oxygens (including phenoxy) is 1. The number of furan rings is 1. The van der Waals surface area contributed by atoms with Gasteiger partial charge >= 0.3 is 0 Å². The van der Waals surface area contributed by atoms with Crippen LogP contribution in [0.25, 0.3) is 17.4 Å². The number of thioether (sulfide) groups is 1. The van der Waals surface area contributed by atoms with E-state index in [1.54, 1.807) is 23.1 Å². The zero-order chi connectivity index (χ0) is 22.8. The average Bonchev–Trinajstić information content (AvgIpc) is 3.34. The van der Waals surface area contributed by atoms with Crippen molar-refractivity contribution in [3.05, 3.63) is 52.1 Å². The van der Waals surface area contributed by atoms with E-state index < -0.39 is 17.1 Å². The Kier molecular flexibility index (Phi) is 6.15. The van der Waals surface area contributed by atoms with Crippen molar-refractivity contribution in [2.75, 3.05) is 32.8 Å². The summed E-state index contributed by atoms with van der Waals surface area (Å²) in [5.41, 5.74) is 1.41. The highest BCUT2D eigenvalue weighted by Crippen LogP contribution is 2.34. The molecule has 0 unspecified atom stereocenters. The number of hydrogen-bond donors (Lipinski definition) is 0. The molecule has 0 bridgehead atoms. The fourth-order valence-corrected chi connectivity index (χ4v) is 4.22. The summed E-state index contributed by atoms with van der Waals surface area (Å²) in [6.45, 7) is 3.21. The van der Waals surface area contributed by atoms with E-state index in [-0.39, 0.29) is 22.9 Å². The first-order chi connectivity index (χ1) is 15.3. The van der Waals surface area contributed by atoms with Crippen LogP contribution in [-0.4, -0.2) is 65.7 Å². The topological polar surface area (TPSA) is 120 Å². The number of amides is 3. The van der Waals surface area contributed by atoms with E-state index in [2.05, 4.69) is 0 Å². The highest BCUT2D eigenvalue weighted by molar-refractivity contribution is 8.18. The fourth-order valence-electron chi connectivity index (χ4n) is 3.40. The number of aromatic carboxylic acids is 1. The maximum absolute atomic E-state index is 12.7. The molecular formula is C22H19N2O7S-. The summed E-state index contributed by atoms with van der Waals surface area (Å²) >= 11 is 0.737. The van der Waals surface area contributed by atoms with Crippen LogP contribution in [0.4, 0.5) is 4.79 Å². The minimum Gasteiger partial charge on any atom is -0.545 e. The molecule has 2 aliphatic heterocycles. The molecule has 0 saturated carbocycles. The van der Waals surface area contributed by atoms with Crippen molar-refractivity contribution in [2.45, 2.75) is 6.92 Å². The molecule has 3 heterocycles. The molecule has 10 heteroatoms. The number of benzene rings is 1. The predicted molar refractivity (Wildman–Crippen MR) is 113 cm³/mol. The Morgan fingerprint density at radius 3 is 2.62 bits per heavy atom. The molecule has 0 N–H and O–H groups in total. The van der Waals surface area contributed by atoms with Crippen LogP contribution in [0.2, 0.25) is 0 Å². The molecule has 166 valence electrons. The molecule has 1 aromatic carbocycles. The Balaban J connectivity index is 1.50. The van der Waals surface area contributed by atoms with E-state index in [1.807, 2.05) is 6.92 Å². The van der Waals surface area contributed by atoms with E-state index in [4.69, 9.17) is 9.15 Å². The van der Waals surface area contributed by atoms with Crippen LogP contribution in [-0.2, 0) is 14.3 Å². The third-order valence-corrected chi connectivity index (χ3v) is 6.08. The maximum Gasteiger partial charge on any atom is 0.294 e. The first-order valence-electron chi connectivity index (χ1n) is 9.86. The van der Waals surface area contributed by atoms with E-state index in [0.29, 0.717) is 43.4 Å². The van der Waals surface area contributed by atoms with Gasteiger partial charge in [0.1, 0.15) is 18.1 Å². The number of carbonyl (C=O) groups is 4. The number of carboxylic acid groups (broad SMARTS) is 1. The second-order valence-corrected chi connectivity index (χ2v) is 8.27. The van der Waals surface area contributed by atoms with Crippen molar-refractivity contribution < 1.29 is 33.4 Å². The number of imide groups is 1. The first kappa shape index (κ1) is 21.8. The Morgan fingerprint density at radius 1 is 1.16 bits per heavy atom. The first-order valence-corrected chi connectivity index (χ1v) is 10.7. The van der Waals surface area contributed by atoms with Crippen molar-refractivity contribution in [1.82, 2.24) is 9.80 Å². The van der Waals surface area contributed by atoms with Gasteiger partial charge in [0.25, 0.3) is 11.1 Å². The number of carbonyl (C=O) groups excluding carboxylic acids is 4. The number of nitrogens with zero attached hydrogens (tertiary/aromatic N) is 2. The number of hydrogen-bond acceptors (Lipinski definition) is 8. The molecule has 0 aliphatic carbocycles. The second-order valence-electron chi connectivity index (χ2n) is 7.28. The molecular weight excluding hydrogens is 436 g/mol. The summed E-state index contributed by atoms with van der Waals surface area (Å²) in [6, 6.07) is 7.83. The smallest absolute Gasteiger partial charge is 0.294 e. The summed E-state index contributed by atoms with van der Waals surface area (Å²) in [5, 5.41) is 10.6. The Bertz CT molecular complexity index is 1130. The summed E-state index contributed by atoms with van der Waals surface area (Å²) < 4.78 is 11.0. The Morgan fingerprint density at radius 2 is 1.91 bits per heavy atom. The average molecular weight is 455 g/mol. The SMILES string of the molecule is Cc1ccc(C(=O)[O-])cc1-c1ccc(/C=C2/SC(=O)N(CC(=O)N3CCOCC3)C2=O)o1. The number of carboxylic acids is 1. The van der Waals surface area contributed by atoms with Gasteiger partial charge in [-0.05, 0) is 48.0 Å². The van der Waals surface area contributed by atoms with Crippen molar-refractivity contribution in [1.29, 1.82) is 0 Å². The van der Waals surface area contributed by atoms with Crippen LogP contribution in [0.3, 0.4) is 0 Å². The van der Waals surface area contributed by atoms with Gasteiger partial charge in [0, 0.05) is 24.7 Å². The van der Waals surface area contributed by atoms with E-state index >= 15 is 0 Å². The lowest BCUT2D eigenvalue weighted by atomic mass is 10.0. The third-order valence-electron chi connectivity index (χ3n) is 5.17. The number of rotatable bonds is 5. The molecule has 0 spiro atoms. The monoisotopic (exact) mass is 455 g/mol. The standard InChI is InChI=1S/C22H20N2O7S/c1-13-2-3-14(21(27)28)10-16(13)17-5-4-15(31-17)11-18-20(26)24(22(29)32-18)12-19(25)23-6-8-30-9-7-23/h2-5,10-11H,6-9,12H2,1H3,(H,27,28)/p-1/b18-11+. The lowest BCUT2D eigenvalue weighted by Gasteiger charge is -2.27. The van der Waals surface area contributed by atoms with Gasteiger partial charge in [0.2, 0.25) is 5.91 Å². The molecule has 3 amide bonds. The predicted octanol–water partition coefficient (Wildman–Crippen LogP) is 1.51. The van der Waals surface area contributed by atoms with Gasteiger partial charge in [-0.25, -0.2) is 0 Å². The quantitative estimate of drug-likeness (QED) is 0.623. The van der Waals surface area contributed by atoms with Crippen LogP contribution in [0.5, 0.6) is 0 Å². The molecule has 2 aromatic rings. The molecule has 9 nitrogen and oxygen atoms in total. The zero-order valence-corrected chi connectivity index (χ0v) is 18.0. The molecule has 0 atom stereocenters. The number of aryl methyl sites for hydroxylation is 1. The summed E-state index contributed by atoms with van der Waals surface area (Å²) in [6.07, 6.45) is 1.44. The Hall–Kier alpha value is -3.37. The van der Waals surface area contributed by atoms with Gasteiger partial charge in [-0.15, -0.1) is 0 Å². The molecule has 4 rings (SSSR count). The zero-order valence-electron chi connectivity index (χ0n) is 17.2. The largest absolute Gasteiger partial charge is 0.545 e. The van der Waals surface area contributed by atoms with Crippen molar-refractivity contribution in [3.63, 3.8) is 0 Å². The normalized spacial score (nSPS) is 18.0. The molecule has 2 fully saturated rings. The van der Waals surface area contributed by atoms with Gasteiger partial charge in [-0.2, -0.15) is 0 Å². The van der Waals surface area contributed by atoms with E-state index in [0.717, 1.165) is 22.2 Å². The third kappa shape index (κ3) is 4.46. The van der Waals surface area contributed by atoms with Crippen LogP contribution < -0.4 is 5.11 Å². The van der Waals surface area contributed by atoms with Crippen molar-refractivity contribution in [2.24, 2.45) is 0 Å². The summed E-state index contributed by atoms with van der Waals surface area (Å²) in [7, 11) is 0. The van der Waals surface area contributed by atoms with Crippen LogP contribution in [0.15, 0.2) is 39.7 Å². The molecule has 2 saturated heterocycles. The Labute approximate surface area is 187 Å².